The quantitative estimate of drug-likeness (QED) is 0.286. The Morgan fingerprint density at radius 2 is 1.79 bits per heavy atom. The number of likely N-dealkylation sites (tertiary alicyclic amines) is 1. The van der Waals surface area contributed by atoms with Crippen LogP contribution in [0.5, 0.6) is 0 Å². The van der Waals surface area contributed by atoms with Gasteiger partial charge in [0.05, 0.1) is 42.8 Å². The first-order valence-corrected chi connectivity index (χ1v) is 13.9. The molecule has 4 aromatic rings. The number of hydrogen-bond donors (Lipinski definition) is 0. The molecule has 0 unspecified atom stereocenters. The van der Waals surface area contributed by atoms with E-state index in [1.54, 1.807) is 41.3 Å². The van der Waals surface area contributed by atoms with Crippen LogP contribution in [0.1, 0.15) is 50.1 Å². The molecule has 1 saturated heterocycles. The fourth-order valence-electron chi connectivity index (χ4n) is 5.49. The molecule has 42 heavy (non-hydrogen) atoms. The van der Waals surface area contributed by atoms with Crippen LogP contribution < -0.4 is 0 Å². The Morgan fingerprint density at radius 1 is 1.02 bits per heavy atom. The van der Waals surface area contributed by atoms with Gasteiger partial charge in [-0.05, 0) is 43.4 Å². The number of nitrogens with zero attached hydrogens (tertiary/aromatic N) is 7. The number of halogens is 3. The first-order valence-electron chi connectivity index (χ1n) is 13.9. The van der Waals surface area contributed by atoms with Crippen LogP contribution in [0.4, 0.5) is 13.2 Å². The molecule has 0 bridgehead atoms. The molecular weight excluding hydrogens is 547 g/mol. The SMILES string of the molecule is N#CC1(C(=O)N2CCC(n3cc(-c4cnn5c(-c6cccc(CC(=O)CCC(F)(F)F)c6)cnc5c4)cn3)CC2)CC1. The summed E-state index contributed by atoms with van der Waals surface area (Å²) in [5, 5.41) is 18.5. The summed E-state index contributed by atoms with van der Waals surface area (Å²) in [5.41, 5.74) is 3.63. The van der Waals surface area contributed by atoms with E-state index in [1.165, 1.54) is 0 Å². The average Bonchev–Trinajstić information content (AvgIpc) is 3.42. The molecular formula is C30H28F3N7O2. The molecule has 1 amide bonds. The van der Waals surface area contributed by atoms with Crippen molar-refractivity contribution in [3.8, 4) is 28.5 Å². The first kappa shape index (κ1) is 27.6. The van der Waals surface area contributed by atoms with Gasteiger partial charge >= 0.3 is 6.18 Å². The summed E-state index contributed by atoms with van der Waals surface area (Å²) in [5.74, 6) is -0.500. The number of ketones is 1. The van der Waals surface area contributed by atoms with Crippen molar-refractivity contribution in [1.82, 2.24) is 29.3 Å². The molecule has 4 heterocycles. The minimum absolute atomic E-state index is 0.0378. The van der Waals surface area contributed by atoms with Gasteiger partial charge in [0.25, 0.3) is 0 Å². The number of carbonyl (C=O) groups excluding carboxylic acids is 2. The summed E-state index contributed by atoms with van der Waals surface area (Å²) in [4.78, 5) is 31.1. The van der Waals surface area contributed by atoms with Crippen molar-refractivity contribution in [3.05, 3.63) is 60.7 Å². The average molecular weight is 576 g/mol. The molecule has 1 saturated carbocycles. The molecule has 0 radical (unpaired) electrons. The second kappa shape index (κ2) is 10.7. The monoisotopic (exact) mass is 575 g/mol. The van der Waals surface area contributed by atoms with E-state index in [4.69, 9.17) is 0 Å². The normalized spacial score (nSPS) is 16.9. The summed E-state index contributed by atoms with van der Waals surface area (Å²) in [7, 11) is 0. The number of rotatable bonds is 8. The molecule has 216 valence electrons. The van der Waals surface area contributed by atoms with Crippen LogP contribution in [0.2, 0.25) is 0 Å². The molecule has 1 aromatic carbocycles. The highest BCUT2D eigenvalue weighted by Crippen LogP contribution is 2.47. The number of hydrogen-bond acceptors (Lipinski definition) is 6. The summed E-state index contributed by atoms with van der Waals surface area (Å²) >= 11 is 0. The van der Waals surface area contributed by atoms with E-state index in [-0.39, 0.29) is 18.4 Å². The summed E-state index contributed by atoms with van der Waals surface area (Å²) in [6.45, 7) is 1.21. The molecule has 0 N–H and O–H groups in total. The maximum Gasteiger partial charge on any atom is 0.389 e. The van der Waals surface area contributed by atoms with Gasteiger partial charge in [0.1, 0.15) is 11.2 Å². The van der Waals surface area contributed by atoms with Crippen molar-refractivity contribution in [2.75, 3.05) is 13.1 Å². The Hall–Kier alpha value is -4.53. The van der Waals surface area contributed by atoms with Gasteiger partial charge in [-0.3, -0.25) is 14.3 Å². The number of amides is 1. The van der Waals surface area contributed by atoms with Crippen LogP contribution in [-0.4, -0.2) is 60.2 Å². The lowest BCUT2D eigenvalue weighted by Gasteiger charge is -2.33. The van der Waals surface area contributed by atoms with E-state index < -0.39 is 30.2 Å². The molecule has 0 spiro atoms. The Morgan fingerprint density at radius 3 is 2.50 bits per heavy atom. The molecule has 1 aliphatic carbocycles. The highest BCUT2D eigenvalue weighted by atomic mass is 19.4. The number of alkyl halides is 3. The second-order valence-electron chi connectivity index (χ2n) is 11.1. The molecule has 0 atom stereocenters. The minimum Gasteiger partial charge on any atom is -0.341 e. The topological polar surface area (TPSA) is 109 Å². The largest absolute Gasteiger partial charge is 0.389 e. The van der Waals surface area contributed by atoms with Crippen LogP contribution in [0.3, 0.4) is 0 Å². The van der Waals surface area contributed by atoms with Gasteiger partial charge in [-0.15, -0.1) is 0 Å². The second-order valence-corrected chi connectivity index (χ2v) is 11.1. The van der Waals surface area contributed by atoms with Crippen molar-refractivity contribution >= 4 is 17.3 Å². The molecule has 6 rings (SSSR count). The van der Waals surface area contributed by atoms with Gasteiger partial charge in [0.2, 0.25) is 5.91 Å². The van der Waals surface area contributed by atoms with Gasteiger partial charge in [-0.25, -0.2) is 9.50 Å². The number of piperidine rings is 1. The van der Waals surface area contributed by atoms with Crippen molar-refractivity contribution in [2.45, 2.75) is 57.2 Å². The first-order chi connectivity index (χ1) is 20.1. The Labute approximate surface area is 239 Å². The molecule has 12 heteroatoms. The fourth-order valence-corrected chi connectivity index (χ4v) is 5.49. The van der Waals surface area contributed by atoms with E-state index in [0.717, 1.165) is 29.5 Å². The number of nitriles is 1. The predicted molar refractivity (Wildman–Crippen MR) is 146 cm³/mol. The van der Waals surface area contributed by atoms with Gasteiger partial charge < -0.3 is 4.90 Å². The van der Waals surface area contributed by atoms with Crippen molar-refractivity contribution < 1.29 is 22.8 Å². The van der Waals surface area contributed by atoms with E-state index in [2.05, 4.69) is 21.3 Å². The van der Waals surface area contributed by atoms with Crippen LogP contribution in [0.15, 0.2) is 55.1 Å². The van der Waals surface area contributed by atoms with E-state index >= 15 is 0 Å². The van der Waals surface area contributed by atoms with Gasteiger partial charge in [0, 0.05) is 48.8 Å². The lowest BCUT2D eigenvalue weighted by Crippen LogP contribution is -2.42. The van der Waals surface area contributed by atoms with Crippen molar-refractivity contribution in [2.24, 2.45) is 5.41 Å². The van der Waals surface area contributed by atoms with Gasteiger partial charge in [-0.1, -0.05) is 18.2 Å². The lowest BCUT2D eigenvalue weighted by molar-refractivity contribution is -0.143. The van der Waals surface area contributed by atoms with Gasteiger partial charge in [0.15, 0.2) is 5.65 Å². The highest BCUT2D eigenvalue weighted by molar-refractivity contribution is 5.88. The summed E-state index contributed by atoms with van der Waals surface area (Å²) < 4.78 is 41.0. The Kier molecular flexibility index (Phi) is 7.04. The maximum atomic E-state index is 12.7. The number of imidazole rings is 1. The number of Topliss-reactive ketones (excluding diaryl/α,β-unsaturated/α-hetero) is 1. The van der Waals surface area contributed by atoms with Gasteiger partial charge in [-0.2, -0.15) is 28.6 Å². The third-order valence-electron chi connectivity index (χ3n) is 8.11. The Bertz CT molecular complexity index is 1690. The number of carbonyl (C=O) groups is 2. The molecule has 3 aromatic heterocycles. The molecule has 2 fully saturated rings. The predicted octanol–water partition coefficient (Wildman–Crippen LogP) is 5.18. The number of fused-ring (bicyclic) bond motifs is 1. The standard InChI is InChI=1S/C30H28F3N7O2/c31-30(32,33)7-4-25(41)13-20-2-1-3-21(12-20)26-17-35-27-14-22(15-37-40(26)27)23-16-36-39(18-23)24-5-10-38(11-6-24)28(42)29(19-34)8-9-29/h1-3,12,14-18,24H,4-11,13H2. The zero-order valence-corrected chi connectivity index (χ0v) is 22.7. The summed E-state index contributed by atoms with van der Waals surface area (Å²) in [6, 6.07) is 11.4. The number of benzene rings is 1. The molecule has 2 aliphatic rings. The third kappa shape index (κ3) is 5.64. The third-order valence-corrected chi connectivity index (χ3v) is 8.11. The fraction of sp³-hybridized carbons (Fsp3) is 0.400. The van der Waals surface area contributed by atoms with Crippen LogP contribution in [0, 0.1) is 16.7 Å². The van der Waals surface area contributed by atoms with E-state index in [1.807, 2.05) is 27.9 Å². The van der Waals surface area contributed by atoms with Crippen molar-refractivity contribution in [3.63, 3.8) is 0 Å². The summed E-state index contributed by atoms with van der Waals surface area (Å²) in [6.07, 6.45) is 3.92. The highest BCUT2D eigenvalue weighted by Gasteiger charge is 2.52. The lowest BCUT2D eigenvalue weighted by atomic mass is 10.0. The Balaban J connectivity index is 1.13. The van der Waals surface area contributed by atoms with Crippen LogP contribution >= 0.6 is 0 Å². The van der Waals surface area contributed by atoms with E-state index in [9.17, 15) is 28.0 Å². The zero-order chi connectivity index (χ0) is 29.5. The molecule has 1 aliphatic heterocycles. The van der Waals surface area contributed by atoms with E-state index in [0.29, 0.717) is 42.8 Å². The zero-order valence-electron chi connectivity index (χ0n) is 22.7. The van der Waals surface area contributed by atoms with Crippen LogP contribution in [0.25, 0.3) is 28.0 Å². The smallest absolute Gasteiger partial charge is 0.341 e. The molecule has 9 nitrogen and oxygen atoms in total. The maximum absolute atomic E-state index is 12.7. The van der Waals surface area contributed by atoms with Crippen molar-refractivity contribution in [1.29, 1.82) is 5.26 Å². The van der Waals surface area contributed by atoms with Crippen LogP contribution in [-0.2, 0) is 16.0 Å². The number of aromatic nitrogens is 5. The minimum atomic E-state index is -4.35.